The molecule has 0 radical (unpaired) electrons. The van der Waals surface area contributed by atoms with E-state index in [4.69, 9.17) is 0 Å². The van der Waals surface area contributed by atoms with Gasteiger partial charge in [0.1, 0.15) is 0 Å². The van der Waals surface area contributed by atoms with Gasteiger partial charge in [-0.3, -0.25) is 19.2 Å². The minimum Gasteiger partial charge on any atom is -0.320 e. The molecule has 0 saturated heterocycles. The van der Waals surface area contributed by atoms with Crippen molar-refractivity contribution in [3.63, 3.8) is 0 Å². The van der Waals surface area contributed by atoms with Gasteiger partial charge < -0.3 is 9.72 Å². The molecule has 0 aliphatic carbocycles. The van der Waals surface area contributed by atoms with Crippen molar-refractivity contribution in [2.45, 2.75) is 20.3 Å². The van der Waals surface area contributed by atoms with Crippen molar-refractivity contribution < 1.29 is 0 Å². The van der Waals surface area contributed by atoms with E-state index < -0.39 is 0 Å². The van der Waals surface area contributed by atoms with Crippen LogP contribution in [0.15, 0.2) is 47.8 Å². The Morgan fingerprint density at radius 1 is 1.03 bits per heavy atom. The molecule has 7 nitrogen and oxygen atoms in total. The Bertz CT molecular complexity index is 1320. The van der Waals surface area contributed by atoms with Crippen molar-refractivity contribution in [2.24, 2.45) is 0 Å². The van der Waals surface area contributed by atoms with E-state index in [0.717, 1.165) is 53.2 Å². The number of rotatable bonds is 2. The molecule has 5 rings (SSSR count). The van der Waals surface area contributed by atoms with Crippen LogP contribution in [0.2, 0.25) is 0 Å². The summed E-state index contributed by atoms with van der Waals surface area (Å²) in [6.07, 6.45) is 10.4. The summed E-state index contributed by atoms with van der Waals surface area (Å²) in [7, 11) is 0. The number of hydrogen-bond acceptors (Lipinski definition) is 5. The summed E-state index contributed by atoms with van der Waals surface area (Å²) in [6.45, 7) is 5.70. The number of nitrogens with one attached hydrogen (secondary N) is 1. The molecule has 0 saturated carbocycles. The molecule has 0 unspecified atom stereocenters. The molecule has 0 amide bonds. The lowest BCUT2D eigenvalue weighted by molar-refractivity contribution is 0.736. The Labute approximate surface area is 185 Å². The molecule has 1 aliphatic rings. The smallest absolute Gasteiger partial charge is 0.258 e. The number of aryl methyl sites for hydroxylation is 2. The Morgan fingerprint density at radius 2 is 1.87 bits per heavy atom. The van der Waals surface area contributed by atoms with Crippen molar-refractivity contribution >= 4 is 41.6 Å². The number of halogens is 2. The van der Waals surface area contributed by atoms with Gasteiger partial charge in [0, 0.05) is 36.8 Å². The van der Waals surface area contributed by atoms with Crippen LogP contribution in [0, 0.1) is 13.8 Å². The second-order valence-corrected chi connectivity index (χ2v) is 7.15. The van der Waals surface area contributed by atoms with E-state index in [0.29, 0.717) is 11.3 Å². The van der Waals surface area contributed by atoms with Crippen LogP contribution in [-0.4, -0.2) is 36.8 Å². The lowest BCUT2D eigenvalue weighted by Crippen LogP contribution is -2.21. The van der Waals surface area contributed by atoms with Gasteiger partial charge in [-0.15, -0.1) is 24.8 Å². The van der Waals surface area contributed by atoms with Crippen molar-refractivity contribution in [2.75, 3.05) is 13.1 Å². The highest BCUT2D eigenvalue weighted by molar-refractivity contribution is 5.85. The third-order valence-electron chi connectivity index (χ3n) is 5.13. The zero-order valence-corrected chi connectivity index (χ0v) is 18.3. The van der Waals surface area contributed by atoms with Crippen LogP contribution < -0.4 is 10.9 Å². The average Bonchev–Trinajstić information content (AvgIpc) is 3.13. The molecule has 30 heavy (non-hydrogen) atoms. The molecule has 4 aromatic rings. The summed E-state index contributed by atoms with van der Waals surface area (Å²) in [5.74, 6) is 0. The number of nitrogens with zero attached hydrogens (tertiary/aromatic N) is 5. The summed E-state index contributed by atoms with van der Waals surface area (Å²) in [5.41, 5.74) is 6.86. The molecule has 1 N–H and O–H groups in total. The van der Waals surface area contributed by atoms with Crippen LogP contribution in [-0.2, 0) is 0 Å². The first-order valence-corrected chi connectivity index (χ1v) is 9.34. The first-order valence-electron chi connectivity index (χ1n) is 9.34. The summed E-state index contributed by atoms with van der Waals surface area (Å²) >= 11 is 0. The molecular weight excluding hydrogens is 423 g/mol. The van der Waals surface area contributed by atoms with E-state index in [1.165, 1.54) is 0 Å². The van der Waals surface area contributed by atoms with Gasteiger partial charge in [-0.1, -0.05) is 6.08 Å². The number of fused-ring (bicyclic) bond motifs is 2. The molecule has 5 heterocycles. The minimum absolute atomic E-state index is 0. The minimum atomic E-state index is -0.112. The fourth-order valence-corrected chi connectivity index (χ4v) is 3.75. The molecule has 0 bridgehead atoms. The fourth-order valence-electron chi connectivity index (χ4n) is 3.75. The second kappa shape index (κ2) is 8.55. The summed E-state index contributed by atoms with van der Waals surface area (Å²) in [4.78, 5) is 26.5. The predicted octanol–water partition coefficient (Wildman–Crippen LogP) is 3.24. The molecule has 4 aromatic heterocycles. The largest absolute Gasteiger partial charge is 0.320 e. The molecule has 0 aromatic carbocycles. The monoisotopic (exact) mass is 444 g/mol. The van der Waals surface area contributed by atoms with E-state index in [9.17, 15) is 4.79 Å². The standard InChI is InChI=1S/C21H20N6O.2ClH/c1-13-10-26-11-16(7-19(26)14(2)24-13)17-8-21(28)27-12-18(23-9-20(27)25-17)15-3-5-22-6-4-15;;/h3,7-12,22H,4-6H2,1-2H3;2*1H. The molecular formula is C21H22Cl2N6O. The molecule has 0 fully saturated rings. The van der Waals surface area contributed by atoms with Crippen molar-refractivity contribution in [1.82, 2.24) is 29.1 Å². The molecule has 0 spiro atoms. The zero-order chi connectivity index (χ0) is 19.3. The highest BCUT2D eigenvalue weighted by atomic mass is 35.5. The lowest BCUT2D eigenvalue weighted by atomic mass is 10.1. The molecule has 1 aliphatic heterocycles. The van der Waals surface area contributed by atoms with Gasteiger partial charge in [0.05, 0.1) is 34.5 Å². The molecule has 0 atom stereocenters. The summed E-state index contributed by atoms with van der Waals surface area (Å²) in [5, 5.41) is 3.29. The third kappa shape index (κ3) is 3.84. The lowest BCUT2D eigenvalue weighted by Gasteiger charge is -2.14. The fraction of sp³-hybridized carbons (Fsp3) is 0.238. The maximum atomic E-state index is 12.8. The quantitative estimate of drug-likeness (QED) is 0.513. The predicted molar refractivity (Wildman–Crippen MR) is 123 cm³/mol. The first-order chi connectivity index (χ1) is 13.6. The van der Waals surface area contributed by atoms with E-state index in [1.54, 1.807) is 22.9 Å². The third-order valence-corrected chi connectivity index (χ3v) is 5.13. The van der Waals surface area contributed by atoms with Gasteiger partial charge in [0.15, 0.2) is 5.65 Å². The Balaban J connectivity index is 0.00000128. The van der Waals surface area contributed by atoms with Crippen LogP contribution in [0.4, 0.5) is 0 Å². The topological polar surface area (TPSA) is 76.6 Å². The van der Waals surface area contributed by atoms with Gasteiger partial charge >= 0.3 is 0 Å². The van der Waals surface area contributed by atoms with E-state index in [-0.39, 0.29) is 30.4 Å². The average molecular weight is 445 g/mol. The number of hydrogen-bond donors (Lipinski definition) is 1. The summed E-state index contributed by atoms with van der Waals surface area (Å²) < 4.78 is 3.60. The first kappa shape index (κ1) is 22.0. The maximum absolute atomic E-state index is 12.8. The van der Waals surface area contributed by atoms with Crippen LogP contribution >= 0.6 is 24.8 Å². The van der Waals surface area contributed by atoms with Crippen LogP contribution in [0.25, 0.3) is 28.0 Å². The van der Waals surface area contributed by atoms with Crippen LogP contribution in [0.3, 0.4) is 0 Å². The van der Waals surface area contributed by atoms with Gasteiger partial charge in [-0.05, 0) is 38.5 Å². The SMILES string of the molecule is Cc1cn2cc(-c3cc(=O)n4cc(C5=CCNCC5)ncc4n3)cc2c(C)n1.Cl.Cl. The Morgan fingerprint density at radius 3 is 2.63 bits per heavy atom. The van der Waals surface area contributed by atoms with Gasteiger partial charge in [-0.25, -0.2) is 4.98 Å². The van der Waals surface area contributed by atoms with Crippen LogP contribution in [0.5, 0.6) is 0 Å². The zero-order valence-electron chi connectivity index (χ0n) is 16.6. The highest BCUT2D eigenvalue weighted by Gasteiger charge is 2.12. The van der Waals surface area contributed by atoms with Crippen LogP contribution in [0.1, 0.15) is 23.5 Å². The Kier molecular flexibility index (Phi) is 6.26. The maximum Gasteiger partial charge on any atom is 0.258 e. The van der Waals surface area contributed by atoms with Crippen molar-refractivity contribution in [3.05, 3.63) is 70.4 Å². The normalized spacial score (nSPS) is 13.6. The van der Waals surface area contributed by atoms with Crippen molar-refractivity contribution in [1.29, 1.82) is 0 Å². The van der Waals surface area contributed by atoms with E-state index >= 15 is 0 Å². The van der Waals surface area contributed by atoms with Gasteiger partial charge in [0.2, 0.25) is 0 Å². The van der Waals surface area contributed by atoms with Gasteiger partial charge in [0.25, 0.3) is 5.56 Å². The van der Waals surface area contributed by atoms with E-state index in [2.05, 4.69) is 26.3 Å². The number of aromatic nitrogens is 5. The second-order valence-electron chi connectivity index (χ2n) is 7.15. The molecule has 156 valence electrons. The van der Waals surface area contributed by atoms with Gasteiger partial charge in [-0.2, -0.15) is 0 Å². The van der Waals surface area contributed by atoms with Crippen molar-refractivity contribution in [3.8, 4) is 11.3 Å². The Hall–Kier alpha value is -2.74. The molecule has 9 heteroatoms. The summed E-state index contributed by atoms with van der Waals surface area (Å²) in [6, 6.07) is 3.60. The highest BCUT2D eigenvalue weighted by Crippen LogP contribution is 2.23. The van der Waals surface area contributed by atoms with E-state index in [1.807, 2.05) is 36.7 Å².